The van der Waals surface area contributed by atoms with Gasteiger partial charge in [0.15, 0.2) is 0 Å². The number of hydrogen-bond acceptors (Lipinski definition) is 3. The second-order valence-electron chi connectivity index (χ2n) is 4.04. The zero-order valence-corrected chi connectivity index (χ0v) is 9.94. The third kappa shape index (κ3) is 2.44. The summed E-state index contributed by atoms with van der Waals surface area (Å²) in [4.78, 5) is 0. The highest BCUT2D eigenvalue weighted by molar-refractivity contribution is 5.21. The molecule has 88 valence electrons. The molecule has 2 heterocycles. The van der Waals surface area contributed by atoms with E-state index < -0.39 is 0 Å². The van der Waals surface area contributed by atoms with Crippen LogP contribution in [0.15, 0.2) is 24.2 Å². The van der Waals surface area contributed by atoms with Gasteiger partial charge in [-0.1, -0.05) is 6.92 Å². The van der Waals surface area contributed by atoms with Crippen molar-refractivity contribution < 1.29 is 4.74 Å². The molecule has 0 saturated heterocycles. The highest BCUT2D eigenvalue weighted by Crippen LogP contribution is 2.25. The van der Waals surface area contributed by atoms with Crippen molar-refractivity contribution >= 4 is 0 Å². The van der Waals surface area contributed by atoms with Crippen LogP contribution in [0.5, 0.6) is 0 Å². The summed E-state index contributed by atoms with van der Waals surface area (Å²) in [6.45, 7) is 3.85. The van der Waals surface area contributed by atoms with E-state index in [-0.39, 0.29) is 6.04 Å². The van der Waals surface area contributed by atoms with E-state index in [1.165, 1.54) is 0 Å². The Morgan fingerprint density at radius 3 is 3.06 bits per heavy atom. The average molecular weight is 221 g/mol. The van der Waals surface area contributed by atoms with Crippen LogP contribution in [0.25, 0.3) is 0 Å². The number of nitrogens with zero attached hydrogens (tertiary/aromatic N) is 2. The third-order valence-corrected chi connectivity index (χ3v) is 2.71. The van der Waals surface area contributed by atoms with Crippen molar-refractivity contribution in [3.8, 4) is 0 Å². The van der Waals surface area contributed by atoms with E-state index in [2.05, 4.69) is 23.4 Å². The van der Waals surface area contributed by atoms with Crippen LogP contribution in [-0.4, -0.2) is 22.9 Å². The molecule has 0 aliphatic carbocycles. The van der Waals surface area contributed by atoms with Gasteiger partial charge in [0.25, 0.3) is 0 Å². The summed E-state index contributed by atoms with van der Waals surface area (Å²) < 4.78 is 7.54. The van der Waals surface area contributed by atoms with E-state index in [1.807, 2.05) is 24.1 Å². The van der Waals surface area contributed by atoms with Gasteiger partial charge in [-0.3, -0.25) is 4.68 Å². The molecule has 2 rings (SSSR count). The number of ether oxygens (including phenoxy) is 1. The number of nitrogens with one attached hydrogen (secondary N) is 1. The maximum absolute atomic E-state index is 5.72. The Morgan fingerprint density at radius 1 is 1.62 bits per heavy atom. The molecule has 0 radical (unpaired) electrons. The molecule has 4 nitrogen and oxygen atoms in total. The summed E-state index contributed by atoms with van der Waals surface area (Å²) in [7, 11) is 1.93. The highest BCUT2D eigenvalue weighted by atomic mass is 16.5. The monoisotopic (exact) mass is 221 g/mol. The fraction of sp³-hybridized carbons (Fsp3) is 0.583. The number of likely N-dealkylation sites (N-methyl/N-ethyl adjacent to an activating group) is 1. The minimum atomic E-state index is 0.152. The lowest BCUT2D eigenvalue weighted by Gasteiger charge is -2.23. The summed E-state index contributed by atoms with van der Waals surface area (Å²) in [5.74, 6) is 1.04. The first-order chi connectivity index (χ1) is 7.81. The minimum Gasteiger partial charge on any atom is -0.496 e. The molecular formula is C12H19N3O. The van der Waals surface area contributed by atoms with Gasteiger partial charge in [-0.15, -0.1) is 0 Å². The van der Waals surface area contributed by atoms with E-state index in [0.29, 0.717) is 0 Å². The molecule has 1 atom stereocenters. The van der Waals surface area contributed by atoms with Crippen LogP contribution in [0.3, 0.4) is 0 Å². The number of hydrogen-bond donors (Lipinski definition) is 1. The minimum absolute atomic E-state index is 0.152. The molecule has 0 fully saturated rings. The summed E-state index contributed by atoms with van der Waals surface area (Å²) >= 11 is 0. The van der Waals surface area contributed by atoms with Crippen molar-refractivity contribution in [3.05, 3.63) is 29.8 Å². The third-order valence-electron chi connectivity index (χ3n) is 2.71. The maximum atomic E-state index is 5.72. The largest absolute Gasteiger partial charge is 0.496 e. The standard InChI is InChI=1S/C12H19N3O/c1-3-13-12(10-8-14-15(2)9-10)11-6-4-5-7-16-11/h6,8-9,12-13H,3-5,7H2,1-2H3. The quantitative estimate of drug-likeness (QED) is 0.842. The molecule has 16 heavy (non-hydrogen) atoms. The number of rotatable bonds is 4. The van der Waals surface area contributed by atoms with Crippen LogP contribution in [0, 0.1) is 0 Å². The Morgan fingerprint density at radius 2 is 2.50 bits per heavy atom. The zero-order valence-electron chi connectivity index (χ0n) is 9.94. The number of allylic oxidation sites excluding steroid dienone is 1. The van der Waals surface area contributed by atoms with Gasteiger partial charge in [0.05, 0.1) is 18.8 Å². The predicted molar refractivity (Wildman–Crippen MR) is 62.9 cm³/mol. The summed E-state index contributed by atoms with van der Waals surface area (Å²) in [6.07, 6.45) is 8.34. The molecule has 1 aliphatic rings. The summed E-state index contributed by atoms with van der Waals surface area (Å²) in [5.41, 5.74) is 1.16. The molecule has 1 N–H and O–H groups in total. The van der Waals surface area contributed by atoms with Gasteiger partial charge in [-0.25, -0.2) is 0 Å². The number of aromatic nitrogens is 2. The Bertz CT molecular complexity index is 370. The van der Waals surface area contributed by atoms with E-state index in [0.717, 1.165) is 37.3 Å². The van der Waals surface area contributed by atoms with Gasteiger partial charge < -0.3 is 10.1 Å². The van der Waals surface area contributed by atoms with Crippen LogP contribution < -0.4 is 5.32 Å². The molecule has 1 aromatic heterocycles. The van der Waals surface area contributed by atoms with Crippen molar-refractivity contribution in [2.45, 2.75) is 25.8 Å². The number of aryl methyl sites for hydroxylation is 1. The van der Waals surface area contributed by atoms with Crippen molar-refractivity contribution in [2.24, 2.45) is 7.05 Å². The Hall–Kier alpha value is -1.29. The molecule has 1 aliphatic heterocycles. The topological polar surface area (TPSA) is 39.1 Å². The van der Waals surface area contributed by atoms with Crippen LogP contribution >= 0.6 is 0 Å². The van der Waals surface area contributed by atoms with Gasteiger partial charge in [0.2, 0.25) is 0 Å². The Labute approximate surface area is 96.3 Å². The SMILES string of the molecule is CCNC(C1=CCCCO1)c1cnn(C)c1. The van der Waals surface area contributed by atoms with Crippen molar-refractivity contribution in [1.82, 2.24) is 15.1 Å². The lowest BCUT2D eigenvalue weighted by molar-refractivity contribution is 0.168. The van der Waals surface area contributed by atoms with Crippen molar-refractivity contribution in [3.63, 3.8) is 0 Å². The predicted octanol–water partition coefficient (Wildman–Crippen LogP) is 1.76. The van der Waals surface area contributed by atoms with Crippen molar-refractivity contribution in [1.29, 1.82) is 0 Å². The highest BCUT2D eigenvalue weighted by Gasteiger charge is 2.20. The van der Waals surface area contributed by atoms with Gasteiger partial charge in [-0.05, 0) is 25.5 Å². The Balaban J connectivity index is 2.19. The summed E-state index contributed by atoms with van der Waals surface area (Å²) in [6, 6.07) is 0.152. The van der Waals surface area contributed by atoms with Crippen LogP contribution in [0.4, 0.5) is 0 Å². The van der Waals surface area contributed by atoms with Crippen LogP contribution in [0.1, 0.15) is 31.4 Å². The van der Waals surface area contributed by atoms with Crippen molar-refractivity contribution in [2.75, 3.05) is 13.2 Å². The molecule has 0 bridgehead atoms. The molecule has 1 aromatic rings. The average Bonchev–Trinajstić information content (AvgIpc) is 2.74. The second-order valence-corrected chi connectivity index (χ2v) is 4.04. The van der Waals surface area contributed by atoms with Gasteiger partial charge in [0.1, 0.15) is 5.76 Å². The molecular weight excluding hydrogens is 202 g/mol. The first-order valence-electron chi connectivity index (χ1n) is 5.86. The molecule has 0 saturated carbocycles. The lowest BCUT2D eigenvalue weighted by atomic mass is 10.1. The van der Waals surface area contributed by atoms with E-state index in [9.17, 15) is 0 Å². The first kappa shape index (κ1) is 11.2. The molecule has 4 heteroatoms. The van der Waals surface area contributed by atoms with Gasteiger partial charge >= 0.3 is 0 Å². The fourth-order valence-corrected chi connectivity index (χ4v) is 1.95. The summed E-state index contributed by atoms with van der Waals surface area (Å²) in [5, 5.41) is 7.64. The smallest absolute Gasteiger partial charge is 0.114 e. The molecule has 0 spiro atoms. The lowest BCUT2D eigenvalue weighted by Crippen LogP contribution is -2.25. The van der Waals surface area contributed by atoms with E-state index >= 15 is 0 Å². The van der Waals surface area contributed by atoms with Gasteiger partial charge in [-0.2, -0.15) is 5.10 Å². The van der Waals surface area contributed by atoms with E-state index in [4.69, 9.17) is 4.74 Å². The fourth-order valence-electron chi connectivity index (χ4n) is 1.95. The first-order valence-corrected chi connectivity index (χ1v) is 5.86. The zero-order chi connectivity index (χ0) is 11.4. The maximum Gasteiger partial charge on any atom is 0.114 e. The van der Waals surface area contributed by atoms with Crippen LogP contribution in [0.2, 0.25) is 0 Å². The molecule has 1 unspecified atom stereocenters. The molecule has 0 aromatic carbocycles. The molecule has 0 amide bonds. The van der Waals surface area contributed by atoms with E-state index in [1.54, 1.807) is 0 Å². The normalized spacial score (nSPS) is 17.8. The van der Waals surface area contributed by atoms with Gasteiger partial charge in [0, 0.05) is 18.8 Å². The Kier molecular flexibility index (Phi) is 3.62. The second kappa shape index (κ2) is 5.16. The van der Waals surface area contributed by atoms with Crippen LogP contribution in [-0.2, 0) is 11.8 Å².